The molecule has 1 N–H and O–H groups in total. The van der Waals surface area contributed by atoms with Crippen LogP contribution in [-0.2, 0) is 10.5 Å². The lowest BCUT2D eigenvalue weighted by molar-refractivity contribution is 0.0495. The van der Waals surface area contributed by atoms with E-state index in [2.05, 4.69) is 29.6 Å². The fourth-order valence-electron chi connectivity index (χ4n) is 2.70. The van der Waals surface area contributed by atoms with Gasteiger partial charge in [0.25, 0.3) is 0 Å². The summed E-state index contributed by atoms with van der Waals surface area (Å²) in [5, 5.41) is 3.55. The summed E-state index contributed by atoms with van der Waals surface area (Å²) in [7, 11) is 0. The number of ether oxygens (including phenoxy) is 1. The number of benzene rings is 1. The summed E-state index contributed by atoms with van der Waals surface area (Å²) in [4.78, 5) is 12.0. The second-order valence-corrected chi connectivity index (χ2v) is 8.10. The maximum Gasteiger partial charge on any atom is 0.407 e. The van der Waals surface area contributed by atoms with Gasteiger partial charge in [0.1, 0.15) is 5.60 Å². The fraction of sp³-hybridized carbons (Fsp3) is 0.611. The zero-order valence-corrected chi connectivity index (χ0v) is 14.6. The summed E-state index contributed by atoms with van der Waals surface area (Å²) in [5.41, 5.74) is 0.903. The molecule has 0 aromatic heterocycles. The molecule has 0 spiro atoms. The first kappa shape index (κ1) is 17.2. The van der Waals surface area contributed by atoms with Gasteiger partial charge in [0.2, 0.25) is 0 Å². The van der Waals surface area contributed by atoms with Crippen molar-refractivity contribution < 1.29 is 9.53 Å². The molecule has 1 aliphatic rings. The van der Waals surface area contributed by atoms with Crippen LogP contribution in [0.15, 0.2) is 30.3 Å². The first-order valence-electron chi connectivity index (χ1n) is 8.09. The number of alkyl carbamates (subject to hydrolysis) is 1. The highest BCUT2D eigenvalue weighted by Crippen LogP contribution is 2.31. The smallest absolute Gasteiger partial charge is 0.407 e. The van der Waals surface area contributed by atoms with E-state index < -0.39 is 5.60 Å². The van der Waals surface area contributed by atoms with Gasteiger partial charge < -0.3 is 10.1 Å². The van der Waals surface area contributed by atoms with Crippen molar-refractivity contribution in [2.75, 3.05) is 0 Å². The van der Waals surface area contributed by atoms with Crippen LogP contribution >= 0.6 is 11.8 Å². The van der Waals surface area contributed by atoms with E-state index in [1.807, 2.05) is 38.6 Å². The van der Waals surface area contributed by atoms with Crippen LogP contribution in [0.5, 0.6) is 0 Å². The van der Waals surface area contributed by atoms with Crippen LogP contribution in [0.3, 0.4) is 0 Å². The highest BCUT2D eigenvalue weighted by atomic mass is 32.2. The fourth-order valence-corrected chi connectivity index (χ4v) is 4.07. The predicted molar refractivity (Wildman–Crippen MR) is 93.2 cm³/mol. The molecule has 0 unspecified atom stereocenters. The number of nitrogens with one attached hydrogen (secondary N) is 1. The van der Waals surface area contributed by atoms with Crippen LogP contribution in [0.2, 0.25) is 0 Å². The molecular formula is C18H27NO2S. The number of hydrogen-bond acceptors (Lipinski definition) is 3. The first-order chi connectivity index (χ1) is 10.4. The zero-order chi connectivity index (χ0) is 16.0. The molecule has 22 heavy (non-hydrogen) atoms. The Kier molecular flexibility index (Phi) is 6.18. The quantitative estimate of drug-likeness (QED) is 0.869. The summed E-state index contributed by atoms with van der Waals surface area (Å²) >= 11 is 1.95. The van der Waals surface area contributed by atoms with Crippen molar-refractivity contribution in [3.05, 3.63) is 35.9 Å². The molecule has 0 aliphatic heterocycles. The van der Waals surface area contributed by atoms with E-state index in [1.54, 1.807) is 0 Å². The van der Waals surface area contributed by atoms with Gasteiger partial charge in [0, 0.05) is 17.0 Å². The predicted octanol–water partition coefficient (Wildman–Crippen LogP) is 4.76. The van der Waals surface area contributed by atoms with Crippen LogP contribution in [-0.4, -0.2) is 23.0 Å². The highest BCUT2D eigenvalue weighted by Gasteiger charge is 2.28. The van der Waals surface area contributed by atoms with E-state index in [0.29, 0.717) is 5.25 Å². The summed E-state index contributed by atoms with van der Waals surface area (Å²) in [5.74, 6) is 0.998. The van der Waals surface area contributed by atoms with Gasteiger partial charge in [-0.15, -0.1) is 0 Å². The monoisotopic (exact) mass is 321 g/mol. The van der Waals surface area contributed by atoms with E-state index in [-0.39, 0.29) is 12.1 Å². The molecule has 0 bridgehead atoms. The number of carbonyl (C=O) groups excluding carboxylic acids is 1. The summed E-state index contributed by atoms with van der Waals surface area (Å²) < 4.78 is 5.39. The van der Waals surface area contributed by atoms with Gasteiger partial charge in [-0.1, -0.05) is 43.2 Å². The SMILES string of the molecule is CC(C)(C)OC(=O)N[C@H]1CCCC[C@H]1SCc1ccccc1. The van der Waals surface area contributed by atoms with Crippen molar-refractivity contribution in [2.24, 2.45) is 0 Å². The van der Waals surface area contributed by atoms with Crippen molar-refractivity contribution in [1.29, 1.82) is 0 Å². The van der Waals surface area contributed by atoms with Gasteiger partial charge in [0.15, 0.2) is 0 Å². The average Bonchev–Trinajstić information content (AvgIpc) is 2.45. The Labute approximate surface area is 138 Å². The highest BCUT2D eigenvalue weighted by molar-refractivity contribution is 7.99. The van der Waals surface area contributed by atoms with E-state index in [1.165, 1.54) is 18.4 Å². The molecule has 2 rings (SSSR count). The minimum absolute atomic E-state index is 0.220. The van der Waals surface area contributed by atoms with Crippen LogP contribution in [0, 0.1) is 0 Å². The van der Waals surface area contributed by atoms with Gasteiger partial charge in [-0.3, -0.25) is 0 Å². The van der Waals surface area contributed by atoms with E-state index >= 15 is 0 Å². The molecule has 0 saturated heterocycles. The second kappa shape index (κ2) is 7.91. The van der Waals surface area contributed by atoms with Gasteiger partial charge in [-0.25, -0.2) is 4.79 Å². The third kappa shape index (κ3) is 5.91. The van der Waals surface area contributed by atoms with Crippen molar-refractivity contribution >= 4 is 17.9 Å². The molecule has 1 aromatic rings. The number of hydrogen-bond donors (Lipinski definition) is 1. The minimum Gasteiger partial charge on any atom is -0.444 e. The van der Waals surface area contributed by atoms with Crippen LogP contribution in [0.1, 0.15) is 52.0 Å². The lowest BCUT2D eigenvalue weighted by Gasteiger charge is -2.32. The van der Waals surface area contributed by atoms with E-state index in [9.17, 15) is 4.79 Å². The molecule has 2 atom stereocenters. The van der Waals surface area contributed by atoms with Crippen molar-refractivity contribution in [2.45, 2.75) is 69.1 Å². The Bertz CT molecular complexity index is 470. The standard InChI is InChI=1S/C18H27NO2S/c1-18(2,3)21-17(20)19-15-11-7-8-12-16(15)22-13-14-9-5-4-6-10-14/h4-6,9-10,15-16H,7-8,11-13H2,1-3H3,(H,19,20)/t15-,16+/m0/s1. The van der Waals surface area contributed by atoms with Gasteiger partial charge >= 0.3 is 6.09 Å². The average molecular weight is 321 g/mol. The van der Waals surface area contributed by atoms with Crippen LogP contribution < -0.4 is 5.32 Å². The molecule has 4 heteroatoms. The lowest BCUT2D eigenvalue weighted by atomic mass is 9.95. The maximum absolute atomic E-state index is 12.0. The lowest BCUT2D eigenvalue weighted by Crippen LogP contribution is -2.45. The molecule has 122 valence electrons. The third-order valence-electron chi connectivity index (χ3n) is 3.71. The van der Waals surface area contributed by atoms with Gasteiger partial charge in [-0.2, -0.15) is 11.8 Å². The molecule has 0 heterocycles. The Morgan fingerprint density at radius 2 is 1.91 bits per heavy atom. The molecule has 1 fully saturated rings. The Morgan fingerprint density at radius 1 is 1.23 bits per heavy atom. The van der Waals surface area contributed by atoms with Gasteiger partial charge in [0.05, 0.1) is 0 Å². The van der Waals surface area contributed by atoms with Crippen LogP contribution in [0.4, 0.5) is 4.79 Å². The minimum atomic E-state index is -0.439. The molecule has 1 saturated carbocycles. The zero-order valence-electron chi connectivity index (χ0n) is 13.8. The number of rotatable bonds is 4. The molecule has 1 aromatic carbocycles. The molecular weight excluding hydrogens is 294 g/mol. The number of thioether (sulfide) groups is 1. The van der Waals surface area contributed by atoms with Crippen molar-refractivity contribution in [1.82, 2.24) is 5.32 Å². The van der Waals surface area contributed by atoms with Crippen molar-refractivity contribution in [3.8, 4) is 0 Å². The van der Waals surface area contributed by atoms with Crippen LogP contribution in [0.25, 0.3) is 0 Å². The van der Waals surface area contributed by atoms with Crippen molar-refractivity contribution in [3.63, 3.8) is 0 Å². The Hall–Kier alpha value is -1.16. The second-order valence-electron chi connectivity index (χ2n) is 6.87. The number of carbonyl (C=O) groups is 1. The Balaban J connectivity index is 1.86. The molecule has 1 aliphatic carbocycles. The van der Waals surface area contributed by atoms with E-state index in [0.717, 1.165) is 18.6 Å². The summed E-state index contributed by atoms with van der Waals surface area (Å²) in [6.07, 6.45) is 4.36. The first-order valence-corrected chi connectivity index (χ1v) is 9.14. The van der Waals surface area contributed by atoms with E-state index in [4.69, 9.17) is 4.74 Å². The third-order valence-corrected chi connectivity index (χ3v) is 5.20. The maximum atomic E-state index is 12.0. The largest absolute Gasteiger partial charge is 0.444 e. The molecule has 0 radical (unpaired) electrons. The topological polar surface area (TPSA) is 38.3 Å². The number of amides is 1. The normalized spacial score (nSPS) is 22.1. The summed E-state index contributed by atoms with van der Waals surface area (Å²) in [6.45, 7) is 5.69. The summed E-state index contributed by atoms with van der Waals surface area (Å²) in [6, 6.07) is 10.7. The Morgan fingerprint density at radius 3 is 2.59 bits per heavy atom. The molecule has 1 amide bonds. The van der Waals surface area contributed by atoms with Gasteiger partial charge in [-0.05, 0) is 39.2 Å². The molecule has 3 nitrogen and oxygen atoms in total.